The number of aliphatic imine (C=N–C) groups is 1. The van der Waals surface area contributed by atoms with Crippen molar-refractivity contribution in [3.05, 3.63) is 84.2 Å². The van der Waals surface area contributed by atoms with E-state index in [1.165, 1.54) is 0 Å². The van der Waals surface area contributed by atoms with Crippen molar-refractivity contribution in [2.24, 2.45) is 17.6 Å². The number of carbonyl (C=O) groups is 1. The number of aliphatic hydroxyl groups is 1. The first kappa shape index (κ1) is 23.2. The predicted octanol–water partition coefficient (Wildman–Crippen LogP) is 0.128. The van der Waals surface area contributed by atoms with Gasteiger partial charge in [-0.15, -0.1) is 0 Å². The number of hydrogen-bond acceptors (Lipinski definition) is 4. The molecule has 1 saturated carbocycles. The topological polar surface area (TPSA) is 80.7 Å². The second-order valence-corrected chi connectivity index (χ2v) is 8.38. The summed E-state index contributed by atoms with van der Waals surface area (Å²) in [7, 11) is 0. The molecule has 2 aromatic carbocycles. The van der Waals surface area contributed by atoms with Gasteiger partial charge in [-0.05, 0) is 42.2 Å². The Bertz CT molecular complexity index is 906. The Morgan fingerprint density at radius 3 is 2.19 bits per heavy atom. The Balaban J connectivity index is 0.00000272. The number of primary amides is 1. The normalized spacial score (nSPS) is 21.5. The Morgan fingerprint density at radius 2 is 1.71 bits per heavy atom. The van der Waals surface area contributed by atoms with Gasteiger partial charge in [-0.25, -0.2) is 4.90 Å². The highest BCUT2D eigenvalue weighted by atomic mass is 79.9. The highest BCUT2D eigenvalue weighted by Gasteiger charge is 2.50. The molecule has 2 aromatic rings. The van der Waals surface area contributed by atoms with Crippen molar-refractivity contribution in [2.75, 3.05) is 0 Å². The zero-order valence-corrected chi connectivity index (χ0v) is 19.3. The highest BCUT2D eigenvalue weighted by molar-refractivity contribution is 5.91. The minimum absolute atomic E-state index is 0. The van der Waals surface area contributed by atoms with Crippen LogP contribution >= 0.6 is 0 Å². The first-order valence-electron chi connectivity index (χ1n) is 10.6. The molecule has 163 valence electrons. The molecule has 3 N–H and O–H groups in total. The summed E-state index contributed by atoms with van der Waals surface area (Å²) < 4.78 is 0. The zero-order chi connectivity index (χ0) is 21.1. The number of halogens is 1. The minimum atomic E-state index is -0.868. The molecule has 0 bridgehead atoms. The molecule has 4 rings (SSSR count). The van der Waals surface area contributed by atoms with Crippen molar-refractivity contribution in [3.63, 3.8) is 0 Å². The van der Waals surface area contributed by atoms with Crippen molar-refractivity contribution in [3.8, 4) is 0 Å². The van der Waals surface area contributed by atoms with Crippen molar-refractivity contribution in [1.82, 2.24) is 9.89 Å². The van der Waals surface area contributed by atoms with Crippen molar-refractivity contribution < 1.29 is 26.9 Å². The first-order chi connectivity index (χ1) is 14.5. The molecule has 1 amide bonds. The fourth-order valence-electron chi connectivity index (χ4n) is 5.32. The molecule has 5 nitrogen and oxygen atoms in total. The van der Waals surface area contributed by atoms with Gasteiger partial charge < -0.3 is 27.8 Å². The summed E-state index contributed by atoms with van der Waals surface area (Å²) in [5.41, 5.74) is 7.18. The molecule has 1 radical (unpaired) electrons. The molecular formula is C25H29BrN3O2. The van der Waals surface area contributed by atoms with Gasteiger partial charge in [-0.2, -0.15) is 0 Å². The van der Waals surface area contributed by atoms with E-state index in [4.69, 9.17) is 5.73 Å². The maximum absolute atomic E-state index is 13.1. The lowest BCUT2D eigenvalue weighted by molar-refractivity contribution is -0.123. The molecule has 1 unspecified atom stereocenters. The van der Waals surface area contributed by atoms with Crippen LogP contribution in [-0.2, 0) is 10.2 Å². The number of nitrogens with two attached hydrogens (primary N) is 1. The second kappa shape index (κ2) is 9.79. The fraction of sp³-hybridized carbons (Fsp3) is 0.360. The van der Waals surface area contributed by atoms with Gasteiger partial charge in [0.05, 0.1) is 0 Å². The molecule has 1 heterocycles. The third-order valence-electron chi connectivity index (χ3n) is 6.73. The molecule has 0 spiro atoms. The number of hydrogen-bond donors (Lipinski definition) is 2. The van der Waals surface area contributed by atoms with E-state index < -0.39 is 11.6 Å². The Labute approximate surface area is 194 Å². The van der Waals surface area contributed by atoms with Crippen LogP contribution in [0, 0.1) is 11.8 Å². The summed E-state index contributed by atoms with van der Waals surface area (Å²) in [5.74, 6) is 0.896. The smallest absolute Gasteiger partial charge is 0.297 e. The molecule has 0 saturated heterocycles. The fourth-order valence-corrected chi connectivity index (χ4v) is 5.32. The van der Waals surface area contributed by atoms with Crippen LogP contribution in [0.25, 0.3) is 0 Å². The Morgan fingerprint density at radius 1 is 1.13 bits per heavy atom. The van der Waals surface area contributed by atoms with E-state index >= 15 is 0 Å². The highest BCUT2D eigenvalue weighted by Crippen LogP contribution is 2.49. The average molecular weight is 483 g/mol. The van der Waals surface area contributed by atoms with Gasteiger partial charge in [0.25, 0.3) is 5.84 Å². The minimum Gasteiger partial charge on any atom is -1.00 e. The van der Waals surface area contributed by atoms with E-state index in [0.29, 0.717) is 12.3 Å². The molecule has 2 aliphatic rings. The third-order valence-corrected chi connectivity index (χ3v) is 6.73. The van der Waals surface area contributed by atoms with Crippen LogP contribution in [0.1, 0.15) is 43.7 Å². The first-order valence-corrected chi connectivity index (χ1v) is 10.6. The third kappa shape index (κ3) is 4.32. The van der Waals surface area contributed by atoms with E-state index in [9.17, 15) is 9.90 Å². The summed E-state index contributed by atoms with van der Waals surface area (Å²) in [6, 6.07) is 19.8. The van der Waals surface area contributed by atoms with Gasteiger partial charge in [0.2, 0.25) is 5.91 Å². The van der Waals surface area contributed by atoms with Crippen LogP contribution in [0.15, 0.2) is 73.1 Å². The standard InChI is InChI=1S/C25H29N3O2.BrH/c1-18-27-14-15-28(18)23(29)17-19-12-13-22(16-19)25(24(26)30,20-8-4-2-5-9-20)21-10-6-3-7-11-21;/h2-11,14-15,19,22-23,29H,12-13,16-17H2,1H3,(H2,26,30);1H/q+1;/p-1/t19-,22+,23?;/m0./s1. The second-order valence-electron chi connectivity index (χ2n) is 8.38. The molecule has 3 atom stereocenters. The summed E-state index contributed by atoms with van der Waals surface area (Å²) in [4.78, 5) is 19.1. The number of carbonyl (C=O) groups excluding carboxylic acids is 1. The molecule has 6 heteroatoms. The lowest BCUT2D eigenvalue weighted by atomic mass is 9.64. The van der Waals surface area contributed by atoms with Crippen LogP contribution in [0.3, 0.4) is 0 Å². The number of aliphatic hydroxyl groups excluding tert-OH is 1. The quantitative estimate of drug-likeness (QED) is 0.588. The summed E-state index contributed by atoms with van der Waals surface area (Å²) in [6.45, 7) is 1.89. The maximum Gasteiger partial charge on any atom is 0.297 e. The van der Waals surface area contributed by atoms with Crippen molar-refractivity contribution in [1.29, 1.82) is 0 Å². The van der Waals surface area contributed by atoms with E-state index in [-0.39, 0.29) is 28.8 Å². The van der Waals surface area contributed by atoms with E-state index in [2.05, 4.69) is 4.99 Å². The van der Waals surface area contributed by atoms with Gasteiger partial charge in [0.15, 0.2) is 12.4 Å². The van der Waals surface area contributed by atoms with E-state index in [1.807, 2.05) is 78.7 Å². The Hall–Kier alpha value is -2.44. The number of rotatable bonds is 7. The molecule has 0 aromatic heterocycles. The van der Waals surface area contributed by atoms with Crippen LogP contribution in [0.5, 0.6) is 0 Å². The SMILES string of the molecule is CC1=[N+]C=CN1C(O)C[C@H]1CC[C@@H](C(C(N)=O)(c2ccccc2)c2ccccc2)C1.[Br-]. The van der Waals surface area contributed by atoms with Gasteiger partial charge in [0, 0.05) is 13.3 Å². The van der Waals surface area contributed by atoms with Crippen LogP contribution < -0.4 is 27.7 Å². The van der Waals surface area contributed by atoms with Gasteiger partial charge in [-0.3, -0.25) is 4.79 Å². The Kier molecular flexibility index (Phi) is 7.34. The van der Waals surface area contributed by atoms with Crippen LogP contribution in [0.4, 0.5) is 0 Å². The molecule has 1 fully saturated rings. The molecule has 1 aliphatic heterocycles. The number of benzene rings is 2. The molecule has 1 aliphatic carbocycles. The number of amides is 1. The lowest BCUT2D eigenvalue weighted by Crippen LogP contribution is -3.00. The lowest BCUT2D eigenvalue weighted by Gasteiger charge is -2.38. The van der Waals surface area contributed by atoms with Gasteiger partial charge >= 0.3 is 0 Å². The maximum atomic E-state index is 13.1. The molecular weight excluding hydrogens is 454 g/mol. The van der Waals surface area contributed by atoms with E-state index in [1.54, 1.807) is 6.20 Å². The summed E-state index contributed by atoms with van der Waals surface area (Å²) in [6.07, 6.45) is 6.26. The van der Waals surface area contributed by atoms with Crippen molar-refractivity contribution >= 4 is 11.7 Å². The monoisotopic (exact) mass is 482 g/mol. The van der Waals surface area contributed by atoms with Crippen LogP contribution in [0.2, 0.25) is 0 Å². The average Bonchev–Trinajstić information content (AvgIpc) is 3.39. The number of amidine groups is 1. The number of nitrogens with zero attached hydrogens (tertiary/aromatic N) is 2. The summed E-state index contributed by atoms with van der Waals surface area (Å²) >= 11 is 0. The van der Waals surface area contributed by atoms with Crippen LogP contribution in [-0.4, -0.2) is 28.0 Å². The van der Waals surface area contributed by atoms with Gasteiger partial charge in [-0.1, -0.05) is 65.7 Å². The largest absolute Gasteiger partial charge is 1.00 e. The van der Waals surface area contributed by atoms with Crippen molar-refractivity contribution in [2.45, 2.75) is 44.2 Å². The van der Waals surface area contributed by atoms with E-state index in [0.717, 1.165) is 36.2 Å². The summed E-state index contributed by atoms with van der Waals surface area (Å²) in [5, 5.41) is 10.7. The zero-order valence-electron chi connectivity index (χ0n) is 17.7. The predicted molar refractivity (Wildman–Crippen MR) is 118 cm³/mol. The van der Waals surface area contributed by atoms with Gasteiger partial charge in [0.1, 0.15) is 11.6 Å². The molecule has 31 heavy (non-hydrogen) atoms.